The summed E-state index contributed by atoms with van der Waals surface area (Å²) in [7, 11) is 0. The van der Waals surface area contributed by atoms with Gasteiger partial charge in [-0.15, -0.1) is 0 Å². The second-order valence-corrected chi connectivity index (χ2v) is 11.9. The molecule has 0 saturated carbocycles. The highest BCUT2D eigenvalue weighted by Crippen LogP contribution is 2.43. The fraction of sp³-hybridized carbons (Fsp3) is 0.607. The number of ether oxygens (including phenoxy) is 7. The molecule has 8 atom stereocenters. The minimum atomic E-state index is -0.936. The van der Waals surface area contributed by atoms with Crippen LogP contribution in [-0.2, 0) is 38.0 Å². The molecule has 0 bridgehead atoms. The van der Waals surface area contributed by atoms with E-state index in [4.69, 9.17) is 44.6 Å². The number of fused-ring (bicyclic) bond motifs is 2. The van der Waals surface area contributed by atoms with Gasteiger partial charge in [0, 0.05) is 31.7 Å². The average Bonchev–Trinajstić information content (AvgIpc) is 3.68. The first-order chi connectivity index (χ1) is 22.0. The SMILES string of the molecule is CC(=O)OC[C@H]1O[C@@H](n2ccnc(C(N)=O)c2=O)[C@@H]2OC(C)(C)O[C@@H]21.CC1(C)O[C@@H]2[C@H](O1)[C@@H](CO)O[C@H]2n1ccnc(C(N)=O)c1=O. The van der Waals surface area contributed by atoms with E-state index in [9.17, 15) is 29.1 Å². The number of amides is 2. The van der Waals surface area contributed by atoms with Crippen LogP contribution in [0.4, 0.5) is 0 Å². The Bertz CT molecular complexity index is 1660. The van der Waals surface area contributed by atoms with E-state index in [1.165, 1.54) is 40.8 Å². The van der Waals surface area contributed by atoms with Crippen molar-refractivity contribution in [2.75, 3.05) is 13.2 Å². The van der Waals surface area contributed by atoms with E-state index in [-0.39, 0.29) is 18.9 Å². The van der Waals surface area contributed by atoms with Crippen LogP contribution in [0.5, 0.6) is 0 Å². The van der Waals surface area contributed by atoms with Crippen LogP contribution < -0.4 is 22.6 Å². The molecular weight excluding hydrogens is 628 g/mol. The Morgan fingerprint density at radius 1 is 0.787 bits per heavy atom. The maximum absolute atomic E-state index is 12.5. The van der Waals surface area contributed by atoms with Gasteiger partial charge in [-0.3, -0.25) is 33.1 Å². The van der Waals surface area contributed by atoms with Crippen molar-refractivity contribution in [1.29, 1.82) is 0 Å². The molecule has 256 valence electrons. The van der Waals surface area contributed by atoms with Crippen LogP contribution in [0.25, 0.3) is 0 Å². The van der Waals surface area contributed by atoms with Gasteiger partial charge in [0.25, 0.3) is 22.9 Å². The van der Waals surface area contributed by atoms with Crippen molar-refractivity contribution in [2.45, 2.75) is 95.3 Å². The summed E-state index contributed by atoms with van der Waals surface area (Å²) in [4.78, 5) is 65.8. The molecule has 0 aromatic carbocycles. The Hall–Kier alpha value is -4.11. The molecule has 2 amide bonds. The Morgan fingerprint density at radius 3 is 1.60 bits per heavy atom. The van der Waals surface area contributed by atoms with Crippen LogP contribution in [0.3, 0.4) is 0 Å². The number of esters is 1. The Labute approximate surface area is 266 Å². The number of aromatic nitrogens is 4. The fourth-order valence-electron chi connectivity index (χ4n) is 5.84. The van der Waals surface area contributed by atoms with Gasteiger partial charge in [-0.2, -0.15) is 0 Å². The summed E-state index contributed by atoms with van der Waals surface area (Å²) in [5.41, 5.74) is 8.16. The molecule has 0 radical (unpaired) electrons. The smallest absolute Gasteiger partial charge is 0.302 e. The van der Waals surface area contributed by atoms with Gasteiger partial charge in [-0.1, -0.05) is 0 Å². The van der Waals surface area contributed by atoms with Gasteiger partial charge >= 0.3 is 5.97 Å². The summed E-state index contributed by atoms with van der Waals surface area (Å²) in [6.45, 7) is 7.90. The number of primary amides is 2. The number of hydrogen-bond acceptors (Lipinski definition) is 15. The summed E-state index contributed by atoms with van der Waals surface area (Å²) < 4.78 is 42.0. The van der Waals surface area contributed by atoms with Crippen LogP contribution in [-0.4, -0.2) is 103 Å². The first kappa shape index (κ1) is 34.2. The summed E-state index contributed by atoms with van der Waals surface area (Å²) >= 11 is 0. The minimum Gasteiger partial charge on any atom is -0.463 e. The van der Waals surface area contributed by atoms with E-state index in [1.54, 1.807) is 27.7 Å². The number of hydrogen-bond donors (Lipinski definition) is 3. The third-order valence-corrected chi connectivity index (χ3v) is 7.63. The van der Waals surface area contributed by atoms with Crippen LogP contribution >= 0.6 is 0 Å². The zero-order valence-electron chi connectivity index (χ0n) is 26.1. The van der Waals surface area contributed by atoms with Gasteiger partial charge in [0.2, 0.25) is 0 Å². The molecule has 47 heavy (non-hydrogen) atoms. The van der Waals surface area contributed by atoms with Crippen molar-refractivity contribution in [3.8, 4) is 0 Å². The minimum absolute atomic E-state index is 0.0467. The lowest BCUT2D eigenvalue weighted by Gasteiger charge is -2.24. The first-order valence-corrected chi connectivity index (χ1v) is 14.5. The quantitative estimate of drug-likeness (QED) is 0.272. The number of aliphatic hydroxyl groups is 1. The molecule has 4 fully saturated rings. The molecule has 0 unspecified atom stereocenters. The first-order valence-electron chi connectivity index (χ1n) is 14.5. The van der Waals surface area contributed by atoms with Crippen LogP contribution in [0.2, 0.25) is 0 Å². The predicted octanol–water partition coefficient (Wildman–Crippen LogP) is -1.93. The van der Waals surface area contributed by atoms with Crippen molar-refractivity contribution in [3.05, 3.63) is 56.9 Å². The van der Waals surface area contributed by atoms with E-state index in [0.717, 1.165) is 0 Å². The highest BCUT2D eigenvalue weighted by atomic mass is 16.8. The maximum Gasteiger partial charge on any atom is 0.302 e. The molecule has 0 spiro atoms. The van der Waals surface area contributed by atoms with E-state index in [2.05, 4.69) is 9.97 Å². The zero-order valence-corrected chi connectivity index (χ0v) is 26.1. The number of rotatable bonds is 7. The molecule has 19 heteroatoms. The number of aliphatic hydroxyl groups excluding tert-OH is 1. The topological polar surface area (TPSA) is 258 Å². The summed E-state index contributed by atoms with van der Waals surface area (Å²) in [5, 5.41) is 9.43. The molecule has 6 rings (SSSR count). The second kappa shape index (κ2) is 12.8. The van der Waals surface area contributed by atoms with Crippen molar-refractivity contribution in [2.24, 2.45) is 11.5 Å². The standard InChI is InChI=1S/C15H19N3O7.C13H17N3O6/c1-7(19)22-6-8-10-11(25-15(2,3)24-10)14(23-8)18-5-4-17-9(12(16)20)13(18)21;1-13(2)21-8-6(5-17)20-12(9(8)22-13)16-4-3-15-7(10(14)18)11(16)19/h4-5,8,10-11,14H,6H2,1-3H3,(H2,16,20);3-4,6,8-9,12,17H,5H2,1-2H3,(H2,14,18)/t8-,10-,11-,14-;6-,8-,9-,12-/m11/s1. The number of carbonyl (C=O) groups is 3. The van der Waals surface area contributed by atoms with Crippen molar-refractivity contribution in [3.63, 3.8) is 0 Å². The molecule has 4 aliphatic heterocycles. The zero-order chi connectivity index (χ0) is 34.4. The van der Waals surface area contributed by atoms with E-state index in [1.807, 2.05) is 0 Å². The van der Waals surface area contributed by atoms with Gasteiger partial charge in [0.15, 0.2) is 35.4 Å². The summed E-state index contributed by atoms with van der Waals surface area (Å²) in [5.74, 6) is -4.06. The lowest BCUT2D eigenvalue weighted by molar-refractivity contribution is -0.202. The Balaban J connectivity index is 0.000000186. The molecule has 6 heterocycles. The number of nitrogens with two attached hydrogens (primary N) is 2. The molecule has 4 aliphatic rings. The van der Waals surface area contributed by atoms with E-state index in [0.29, 0.717) is 0 Å². The van der Waals surface area contributed by atoms with Crippen molar-refractivity contribution in [1.82, 2.24) is 19.1 Å². The second-order valence-electron chi connectivity index (χ2n) is 11.9. The highest BCUT2D eigenvalue weighted by Gasteiger charge is 2.57. The Kier molecular flexibility index (Phi) is 9.34. The molecular formula is C28H36N6O13. The highest BCUT2D eigenvalue weighted by molar-refractivity contribution is 5.90. The molecule has 2 aromatic rings. The van der Waals surface area contributed by atoms with Gasteiger partial charge in [-0.05, 0) is 27.7 Å². The van der Waals surface area contributed by atoms with Gasteiger partial charge in [-0.25, -0.2) is 9.97 Å². The normalized spacial score (nSPS) is 31.4. The van der Waals surface area contributed by atoms with Crippen LogP contribution in [0.1, 0.15) is 68.1 Å². The number of carbonyl (C=O) groups excluding carboxylic acids is 3. The molecule has 5 N–H and O–H groups in total. The van der Waals surface area contributed by atoms with Crippen molar-refractivity contribution < 1.29 is 52.6 Å². The molecule has 2 aromatic heterocycles. The third kappa shape index (κ3) is 6.82. The van der Waals surface area contributed by atoms with Crippen LogP contribution in [0, 0.1) is 0 Å². The van der Waals surface area contributed by atoms with Gasteiger partial charge < -0.3 is 49.7 Å². The fourth-order valence-corrected chi connectivity index (χ4v) is 5.84. The molecule has 4 saturated heterocycles. The predicted molar refractivity (Wildman–Crippen MR) is 153 cm³/mol. The lowest BCUT2D eigenvalue weighted by Crippen LogP contribution is -2.37. The Morgan fingerprint density at radius 2 is 1.19 bits per heavy atom. The maximum atomic E-state index is 12.5. The van der Waals surface area contributed by atoms with Crippen LogP contribution in [0.15, 0.2) is 34.4 Å². The van der Waals surface area contributed by atoms with E-state index < -0.39 is 95.2 Å². The average molecular weight is 665 g/mol. The largest absolute Gasteiger partial charge is 0.463 e. The number of nitrogens with zero attached hydrogens (tertiary/aromatic N) is 4. The van der Waals surface area contributed by atoms with Crippen molar-refractivity contribution >= 4 is 17.8 Å². The lowest BCUT2D eigenvalue weighted by atomic mass is 10.1. The van der Waals surface area contributed by atoms with Gasteiger partial charge in [0.1, 0.15) is 43.2 Å². The third-order valence-electron chi connectivity index (χ3n) is 7.63. The monoisotopic (exact) mass is 664 g/mol. The molecule has 19 nitrogen and oxygen atoms in total. The van der Waals surface area contributed by atoms with E-state index >= 15 is 0 Å². The summed E-state index contributed by atoms with van der Waals surface area (Å²) in [6.07, 6.45) is 0.0745. The molecule has 0 aliphatic carbocycles. The summed E-state index contributed by atoms with van der Waals surface area (Å²) in [6, 6.07) is 0. The van der Waals surface area contributed by atoms with Gasteiger partial charge in [0.05, 0.1) is 6.61 Å².